The summed E-state index contributed by atoms with van der Waals surface area (Å²) in [5.41, 5.74) is 4.13. The Kier molecular flexibility index (Phi) is 7.98. The predicted octanol–water partition coefficient (Wildman–Crippen LogP) is 1.22. The van der Waals surface area contributed by atoms with Crippen LogP contribution in [-0.2, 0) is 25.3 Å². The highest BCUT2D eigenvalue weighted by Crippen LogP contribution is 2.29. The Morgan fingerprint density at radius 2 is 1.85 bits per heavy atom. The van der Waals surface area contributed by atoms with Gasteiger partial charge in [-0.3, -0.25) is 9.59 Å². The van der Waals surface area contributed by atoms with Crippen LogP contribution in [0.25, 0.3) is 0 Å². The minimum Gasteiger partial charge on any atom is -0.463 e. The zero-order chi connectivity index (χ0) is 20.6. The SMILES string of the molecule is CCOC(=O)/C=C/C[C@H](NC(=O)[C@H](O)c1ccc(C(F)(F)F)cc1)C(N)=O. The molecular weight excluding hydrogens is 369 g/mol. The van der Waals surface area contributed by atoms with E-state index in [1.165, 1.54) is 6.08 Å². The van der Waals surface area contributed by atoms with Crippen LogP contribution in [-0.4, -0.2) is 35.5 Å². The van der Waals surface area contributed by atoms with Crippen molar-refractivity contribution >= 4 is 17.8 Å². The lowest BCUT2D eigenvalue weighted by molar-refractivity contribution is -0.138. The number of carbonyl (C=O) groups excluding carboxylic acids is 3. The molecule has 0 aliphatic heterocycles. The van der Waals surface area contributed by atoms with Gasteiger partial charge in [0.2, 0.25) is 5.91 Å². The van der Waals surface area contributed by atoms with Gasteiger partial charge in [0, 0.05) is 6.08 Å². The van der Waals surface area contributed by atoms with Gasteiger partial charge in [-0.05, 0) is 31.0 Å². The van der Waals surface area contributed by atoms with Gasteiger partial charge in [0.25, 0.3) is 5.91 Å². The molecule has 0 unspecified atom stereocenters. The van der Waals surface area contributed by atoms with Gasteiger partial charge in [0.15, 0.2) is 6.10 Å². The van der Waals surface area contributed by atoms with Gasteiger partial charge in [0.1, 0.15) is 6.04 Å². The molecule has 0 aromatic heterocycles. The van der Waals surface area contributed by atoms with Crippen molar-refractivity contribution in [3.63, 3.8) is 0 Å². The van der Waals surface area contributed by atoms with Gasteiger partial charge >= 0.3 is 12.1 Å². The lowest BCUT2D eigenvalue weighted by Gasteiger charge is -2.17. The molecule has 0 spiro atoms. The summed E-state index contributed by atoms with van der Waals surface area (Å²) in [5, 5.41) is 12.1. The molecule has 0 fully saturated rings. The minimum absolute atomic E-state index is 0.0919. The quantitative estimate of drug-likeness (QED) is 0.457. The van der Waals surface area contributed by atoms with Crippen molar-refractivity contribution in [2.24, 2.45) is 5.73 Å². The van der Waals surface area contributed by atoms with E-state index in [1.54, 1.807) is 6.92 Å². The third-order valence-corrected chi connectivity index (χ3v) is 3.37. The number of aliphatic hydroxyl groups excluding tert-OH is 1. The predicted molar refractivity (Wildman–Crippen MR) is 87.9 cm³/mol. The fourth-order valence-electron chi connectivity index (χ4n) is 1.99. The molecule has 7 nitrogen and oxygen atoms in total. The molecule has 0 saturated heterocycles. The van der Waals surface area contributed by atoms with E-state index in [2.05, 4.69) is 10.1 Å². The van der Waals surface area contributed by atoms with Gasteiger partial charge in [-0.15, -0.1) is 0 Å². The fraction of sp³-hybridized carbons (Fsp3) is 0.353. The standard InChI is InChI=1S/C17H19F3N2O5/c1-2-27-13(23)5-3-4-12(15(21)25)22-16(26)14(24)10-6-8-11(9-7-10)17(18,19)20/h3,5-9,12,14,24H,2,4H2,1H3,(H2,21,25)(H,22,26)/b5-3+/t12-,14+/m0/s1. The van der Waals surface area contributed by atoms with Crippen LogP contribution in [0.2, 0.25) is 0 Å². The van der Waals surface area contributed by atoms with Gasteiger partial charge in [0.05, 0.1) is 12.2 Å². The molecule has 0 bridgehead atoms. The maximum atomic E-state index is 12.5. The summed E-state index contributed by atoms with van der Waals surface area (Å²) in [6, 6.07) is 2.12. The van der Waals surface area contributed by atoms with Crippen molar-refractivity contribution in [2.45, 2.75) is 31.7 Å². The molecule has 1 aromatic rings. The molecule has 0 aliphatic rings. The molecular formula is C17H19F3N2O5. The number of benzene rings is 1. The van der Waals surface area contributed by atoms with Crippen LogP contribution in [0.1, 0.15) is 30.6 Å². The van der Waals surface area contributed by atoms with Crippen LogP contribution in [0.15, 0.2) is 36.4 Å². The normalized spacial score (nSPS) is 13.8. The van der Waals surface area contributed by atoms with E-state index in [9.17, 15) is 32.7 Å². The summed E-state index contributed by atoms with van der Waals surface area (Å²) in [7, 11) is 0. The Morgan fingerprint density at radius 3 is 2.33 bits per heavy atom. The highest BCUT2D eigenvalue weighted by Gasteiger charge is 2.31. The Balaban J connectivity index is 2.75. The number of alkyl halides is 3. The second kappa shape index (κ2) is 9.72. The molecule has 27 heavy (non-hydrogen) atoms. The summed E-state index contributed by atoms with van der Waals surface area (Å²) >= 11 is 0. The van der Waals surface area contributed by atoms with E-state index in [4.69, 9.17) is 5.73 Å². The number of carbonyl (C=O) groups is 3. The van der Waals surface area contributed by atoms with Crippen LogP contribution in [0.5, 0.6) is 0 Å². The molecule has 1 aromatic carbocycles. The number of hydrogen-bond donors (Lipinski definition) is 3. The Labute approximate surface area is 153 Å². The van der Waals surface area contributed by atoms with Gasteiger partial charge in [-0.25, -0.2) is 4.79 Å². The van der Waals surface area contributed by atoms with E-state index >= 15 is 0 Å². The van der Waals surface area contributed by atoms with Crippen LogP contribution in [0.4, 0.5) is 13.2 Å². The average molecular weight is 388 g/mol. The van der Waals surface area contributed by atoms with Crippen molar-refractivity contribution < 1.29 is 37.4 Å². The zero-order valence-corrected chi connectivity index (χ0v) is 14.3. The van der Waals surface area contributed by atoms with E-state index in [-0.39, 0.29) is 18.6 Å². The first kappa shape index (κ1) is 22.2. The van der Waals surface area contributed by atoms with Crippen molar-refractivity contribution in [1.82, 2.24) is 5.32 Å². The molecule has 2 amide bonds. The summed E-state index contributed by atoms with van der Waals surface area (Å²) in [5.74, 6) is -2.59. The first-order chi connectivity index (χ1) is 12.6. The number of hydrogen-bond acceptors (Lipinski definition) is 5. The van der Waals surface area contributed by atoms with Crippen molar-refractivity contribution in [2.75, 3.05) is 6.61 Å². The molecule has 0 aliphatic carbocycles. The van der Waals surface area contributed by atoms with Gasteiger partial charge in [-0.1, -0.05) is 18.2 Å². The molecule has 0 saturated carbocycles. The number of esters is 1. The third-order valence-electron chi connectivity index (χ3n) is 3.37. The summed E-state index contributed by atoms with van der Waals surface area (Å²) in [6.07, 6.45) is -4.17. The topological polar surface area (TPSA) is 119 Å². The fourth-order valence-corrected chi connectivity index (χ4v) is 1.99. The molecule has 148 valence electrons. The third kappa shape index (κ3) is 7.10. The molecule has 10 heteroatoms. The van der Waals surface area contributed by atoms with Crippen LogP contribution in [0, 0.1) is 0 Å². The van der Waals surface area contributed by atoms with E-state index in [0.717, 1.165) is 30.3 Å². The lowest BCUT2D eigenvalue weighted by atomic mass is 10.1. The Bertz CT molecular complexity index is 702. The van der Waals surface area contributed by atoms with E-state index < -0.39 is 41.7 Å². The number of amides is 2. The number of halogens is 3. The maximum Gasteiger partial charge on any atom is 0.416 e. The highest BCUT2D eigenvalue weighted by atomic mass is 19.4. The van der Waals surface area contributed by atoms with Crippen LogP contribution < -0.4 is 11.1 Å². The molecule has 2 atom stereocenters. The first-order valence-corrected chi connectivity index (χ1v) is 7.84. The van der Waals surface area contributed by atoms with Crippen molar-refractivity contribution in [1.29, 1.82) is 0 Å². The molecule has 0 heterocycles. The summed E-state index contributed by atoms with van der Waals surface area (Å²) < 4.78 is 42.2. The van der Waals surface area contributed by atoms with Crippen molar-refractivity contribution in [3.05, 3.63) is 47.5 Å². The van der Waals surface area contributed by atoms with E-state index in [1.807, 2.05) is 0 Å². The number of primary amides is 1. The Hall–Kier alpha value is -2.88. The average Bonchev–Trinajstić information content (AvgIpc) is 2.59. The maximum absolute atomic E-state index is 12.5. The second-order valence-electron chi connectivity index (χ2n) is 5.38. The highest BCUT2D eigenvalue weighted by molar-refractivity contribution is 5.89. The monoisotopic (exact) mass is 388 g/mol. The van der Waals surface area contributed by atoms with E-state index in [0.29, 0.717) is 0 Å². The van der Waals surface area contributed by atoms with Crippen molar-refractivity contribution in [3.8, 4) is 0 Å². The number of nitrogens with one attached hydrogen (secondary N) is 1. The smallest absolute Gasteiger partial charge is 0.416 e. The zero-order valence-electron chi connectivity index (χ0n) is 14.3. The molecule has 4 N–H and O–H groups in total. The Morgan fingerprint density at radius 1 is 1.26 bits per heavy atom. The number of nitrogens with two attached hydrogens (primary N) is 1. The summed E-state index contributed by atoms with van der Waals surface area (Å²) in [4.78, 5) is 34.6. The second-order valence-corrected chi connectivity index (χ2v) is 5.38. The number of rotatable bonds is 8. The van der Waals surface area contributed by atoms with Gasteiger partial charge in [-0.2, -0.15) is 13.2 Å². The largest absolute Gasteiger partial charge is 0.463 e. The first-order valence-electron chi connectivity index (χ1n) is 7.84. The van der Waals surface area contributed by atoms with Gasteiger partial charge < -0.3 is 20.9 Å². The summed E-state index contributed by atoms with van der Waals surface area (Å²) in [6.45, 7) is 1.78. The lowest BCUT2D eigenvalue weighted by Crippen LogP contribution is -2.45. The molecule has 1 rings (SSSR count). The minimum atomic E-state index is -4.55. The van der Waals surface area contributed by atoms with Crippen LogP contribution >= 0.6 is 0 Å². The molecule has 0 radical (unpaired) electrons. The van der Waals surface area contributed by atoms with Crippen LogP contribution in [0.3, 0.4) is 0 Å². The number of aliphatic hydroxyl groups is 1. The number of ether oxygens (including phenoxy) is 1.